The van der Waals surface area contributed by atoms with Crippen LogP contribution in [0.15, 0.2) is 24.3 Å². The zero-order chi connectivity index (χ0) is 20.5. The van der Waals surface area contributed by atoms with Gasteiger partial charge in [-0.2, -0.15) is 13.2 Å². The molecule has 28 heavy (non-hydrogen) atoms. The Bertz CT molecular complexity index is 973. The molecule has 2 aromatic heterocycles. The van der Waals surface area contributed by atoms with Gasteiger partial charge in [-0.05, 0) is 32.8 Å². The number of hydrogen-bond donors (Lipinski definition) is 2. The SMILES string of the molecule is CC(C)(O)Cn1c(CCCCCC(F)(F)F)nc2c(N)nc3ccccc3c21. The van der Waals surface area contributed by atoms with Crippen molar-refractivity contribution in [2.24, 2.45) is 0 Å². The molecular weight excluding hydrogens is 369 g/mol. The smallest absolute Gasteiger partial charge is 0.389 e. The Hall–Kier alpha value is -2.35. The number of aryl methyl sites for hydroxylation is 1. The van der Waals surface area contributed by atoms with Crippen molar-refractivity contribution in [3.8, 4) is 0 Å². The third-order valence-corrected chi connectivity index (χ3v) is 4.60. The number of fused-ring (bicyclic) bond motifs is 3. The minimum atomic E-state index is -4.12. The highest BCUT2D eigenvalue weighted by Crippen LogP contribution is 2.30. The molecule has 1 aromatic carbocycles. The number of aliphatic hydroxyl groups is 1. The van der Waals surface area contributed by atoms with Crippen molar-refractivity contribution >= 4 is 27.8 Å². The predicted molar refractivity (Wildman–Crippen MR) is 104 cm³/mol. The van der Waals surface area contributed by atoms with Gasteiger partial charge < -0.3 is 15.4 Å². The summed E-state index contributed by atoms with van der Waals surface area (Å²) in [5.41, 5.74) is 7.23. The molecule has 0 aliphatic heterocycles. The van der Waals surface area contributed by atoms with E-state index < -0.39 is 18.2 Å². The number of hydrogen-bond acceptors (Lipinski definition) is 4. The topological polar surface area (TPSA) is 77.0 Å². The van der Waals surface area contributed by atoms with Crippen molar-refractivity contribution in [1.29, 1.82) is 0 Å². The summed E-state index contributed by atoms with van der Waals surface area (Å²) < 4.78 is 38.9. The van der Waals surface area contributed by atoms with Crippen LogP contribution in [0.2, 0.25) is 0 Å². The molecule has 3 N–H and O–H groups in total. The molecular formula is C20H25F3N4O. The second kappa shape index (κ2) is 7.58. The maximum absolute atomic E-state index is 12.3. The second-order valence-corrected chi connectivity index (χ2v) is 7.81. The zero-order valence-electron chi connectivity index (χ0n) is 16.1. The standard InChI is InChI=1S/C20H25F3N4O/c1-19(2,28)12-27-15(10-4-3-7-11-20(21,22)23)26-16-17(27)13-8-5-6-9-14(13)25-18(16)24/h5-6,8-9,28H,3-4,7,10-12H2,1-2H3,(H2,24,25). The van der Waals surface area contributed by atoms with Gasteiger partial charge in [-0.3, -0.25) is 0 Å². The number of imidazole rings is 1. The lowest BCUT2D eigenvalue weighted by Gasteiger charge is -2.20. The maximum atomic E-state index is 12.3. The highest BCUT2D eigenvalue weighted by Gasteiger charge is 2.26. The number of rotatable bonds is 7. The number of unbranched alkanes of at least 4 members (excludes halogenated alkanes) is 2. The van der Waals surface area contributed by atoms with E-state index >= 15 is 0 Å². The van der Waals surface area contributed by atoms with Crippen molar-refractivity contribution in [3.05, 3.63) is 30.1 Å². The molecule has 0 unspecified atom stereocenters. The number of nitrogens with zero attached hydrogens (tertiary/aromatic N) is 3. The molecule has 0 bridgehead atoms. The Morgan fingerprint density at radius 1 is 1.07 bits per heavy atom. The van der Waals surface area contributed by atoms with Crippen molar-refractivity contribution in [2.75, 3.05) is 5.73 Å². The van der Waals surface area contributed by atoms with Crippen LogP contribution in [0.1, 0.15) is 45.4 Å². The lowest BCUT2D eigenvalue weighted by Crippen LogP contribution is -2.27. The van der Waals surface area contributed by atoms with Crippen molar-refractivity contribution in [3.63, 3.8) is 0 Å². The fourth-order valence-electron chi connectivity index (χ4n) is 3.44. The number of alkyl halides is 3. The molecule has 3 rings (SSSR count). The first kappa shape index (κ1) is 20.4. The highest BCUT2D eigenvalue weighted by molar-refractivity contribution is 6.06. The molecule has 8 heteroatoms. The van der Waals surface area contributed by atoms with Gasteiger partial charge in [-0.15, -0.1) is 0 Å². The van der Waals surface area contributed by atoms with E-state index in [0.717, 1.165) is 16.4 Å². The number of pyridine rings is 1. The maximum Gasteiger partial charge on any atom is 0.389 e. The molecule has 0 aliphatic rings. The third kappa shape index (κ3) is 4.73. The quantitative estimate of drug-likeness (QED) is 0.574. The first-order valence-corrected chi connectivity index (χ1v) is 9.38. The number of benzene rings is 1. The van der Waals surface area contributed by atoms with Gasteiger partial charge in [-0.25, -0.2) is 9.97 Å². The lowest BCUT2D eigenvalue weighted by molar-refractivity contribution is -0.135. The number of anilines is 1. The molecule has 2 heterocycles. The Balaban J connectivity index is 1.96. The summed E-state index contributed by atoms with van der Waals surface area (Å²) in [4.78, 5) is 9.04. The summed E-state index contributed by atoms with van der Waals surface area (Å²) in [7, 11) is 0. The number of halogens is 3. The minimum Gasteiger partial charge on any atom is -0.389 e. The number of aromatic nitrogens is 3. The summed E-state index contributed by atoms with van der Waals surface area (Å²) in [5, 5.41) is 11.3. The molecule has 0 atom stereocenters. The van der Waals surface area contributed by atoms with E-state index in [0.29, 0.717) is 43.0 Å². The minimum absolute atomic E-state index is 0.0991. The van der Waals surface area contributed by atoms with Gasteiger partial charge >= 0.3 is 6.18 Å². The van der Waals surface area contributed by atoms with Crippen LogP contribution < -0.4 is 5.73 Å². The Morgan fingerprint density at radius 3 is 2.46 bits per heavy atom. The molecule has 0 amide bonds. The molecule has 152 valence electrons. The van der Waals surface area contributed by atoms with Crippen LogP contribution in [0.25, 0.3) is 21.9 Å². The van der Waals surface area contributed by atoms with Crippen molar-refractivity contribution in [1.82, 2.24) is 14.5 Å². The van der Waals surface area contributed by atoms with E-state index in [1.54, 1.807) is 13.8 Å². The average molecular weight is 394 g/mol. The first-order valence-electron chi connectivity index (χ1n) is 9.38. The normalized spacial score (nSPS) is 12.9. The van der Waals surface area contributed by atoms with Crippen LogP contribution in [-0.4, -0.2) is 31.4 Å². The number of nitrogen functional groups attached to an aromatic ring is 1. The average Bonchev–Trinajstić information content (AvgIpc) is 2.91. The monoisotopic (exact) mass is 394 g/mol. The molecule has 3 aromatic rings. The van der Waals surface area contributed by atoms with E-state index in [1.807, 2.05) is 28.8 Å². The van der Waals surface area contributed by atoms with Gasteiger partial charge in [0.1, 0.15) is 11.3 Å². The molecule has 0 saturated carbocycles. The first-order chi connectivity index (χ1) is 13.1. The van der Waals surface area contributed by atoms with Crippen LogP contribution in [0, 0.1) is 0 Å². The van der Waals surface area contributed by atoms with Gasteiger partial charge in [0.2, 0.25) is 0 Å². The van der Waals surface area contributed by atoms with Gasteiger partial charge in [0.25, 0.3) is 0 Å². The van der Waals surface area contributed by atoms with Crippen molar-refractivity contribution in [2.45, 2.75) is 64.3 Å². The van der Waals surface area contributed by atoms with E-state index in [2.05, 4.69) is 9.97 Å². The summed E-state index contributed by atoms with van der Waals surface area (Å²) in [6, 6.07) is 7.57. The summed E-state index contributed by atoms with van der Waals surface area (Å²) in [6.07, 6.45) is -3.24. The third-order valence-electron chi connectivity index (χ3n) is 4.60. The predicted octanol–water partition coefficient (Wildman–Crippen LogP) is 4.60. The molecule has 0 radical (unpaired) electrons. The highest BCUT2D eigenvalue weighted by atomic mass is 19.4. The summed E-state index contributed by atoms with van der Waals surface area (Å²) in [5.74, 6) is 1.01. The summed E-state index contributed by atoms with van der Waals surface area (Å²) in [6.45, 7) is 3.71. The number of para-hydroxylation sites is 1. The largest absolute Gasteiger partial charge is 0.389 e. The Labute approximate surface area is 161 Å². The van der Waals surface area contributed by atoms with Crippen LogP contribution >= 0.6 is 0 Å². The van der Waals surface area contributed by atoms with Crippen LogP contribution in [0.4, 0.5) is 19.0 Å². The van der Waals surface area contributed by atoms with E-state index in [9.17, 15) is 18.3 Å². The van der Waals surface area contributed by atoms with Crippen LogP contribution in [-0.2, 0) is 13.0 Å². The van der Waals surface area contributed by atoms with Gasteiger partial charge in [-0.1, -0.05) is 24.6 Å². The summed E-state index contributed by atoms with van der Waals surface area (Å²) >= 11 is 0. The van der Waals surface area contributed by atoms with Crippen LogP contribution in [0.3, 0.4) is 0 Å². The van der Waals surface area contributed by atoms with Gasteiger partial charge in [0.05, 0.1) is 23.2 Å². The Kier molecular flexibility index (Phi) is 5.52. The molecule has 0 aliphatic carbocycles. The lowest BCUT2D eigenvalue weighted by atomic mass is 10.1. The van der Waals surface area contributed by atoms with E-state index in [4.69, 9.17) is 5.73 Å². The zero-order valence-corrected chi connectivity index (χ0v) is 16.1. The molecule has 5 nitrogen and oxygen atoms in total. The fraction of sp³-hybridized carbons (Fsp3) is 0.500. The molecule has 0 fully saturated rings. The van der Waals surface area contributed by atoms with Gasteiger partial charge in [0, 0.05) is 18.2 Å². The van der Waals surface area contributed by atoms with Crippen LogP contribution in [0.5, 0.6) is 0 Å². The van der Waals surface area contributed by atoms with Gasteiger partial charge in [0.15, 0.2) is 5.82 Å². The molecule has 0 spiro atoms. The Morgan fingerprint density at radius 2 is 1.79 bits per heavy atom. The fourth-order valence-corrected chi connectivity index (χ4v) is 3.44. The van der Waals surface area contributed by atoms with Crippen molar-refractivity contribution < 1.29 is 18.3 Å². The molecule has 0 saturated heterocycles. The number of nitrogens with two attached hydrogens (primary N) is 1. The van der Waals surface area contributed by atoms with E-state index in [1.165, 1.54) is 0 Å². The second-order valence-electron chi connectivity index (χ2n) is 7.81. The van der Waals surface area contributed by atoms with E-state index in [-0.39, 0.29) is 6.42 Å².